The van der Waals surface area contributed by atoms with Crippen LogP contribution in [0.2, 0.25) is 0 Å². The zero-order chi connectivity index (χ0) is 11.4. The highest BCUT2D eigenvalue weighted by molar-refractivity contribution is 5.33. The lowest BCUT2D eigenvalue weighted by Crippen LogP contribution is -2.34. The summed E-state index contributed by atoms with van der Waals surface area (Å²) in [4.78, 5) is 0. The molecule has 2 atom stereocenters. The molecule has 1 aliphatic heterocycles. The minimum atomic E-state index is 0.474. The third-order valence-electron chi connectivity index (χ3n) is 3.50. The van der Waals surface area contributed by atoms with Gasteiger partial charge in [-0.15, -0.1) is 6.58 Å². The largest absolute Gasteiger partial charge is 0.309 e. The number of benzene rings is 1. The van der Waals surface area contributed by atoms with Crippen molar-refractivity contribution in [2.45, 2.75) is 32.2 Å². The molecule has 0 fully saturated rings. The topological polar surface area (TPSA) is 12.0 Å². The van der Waals surface area contributed by atoms with Gasteiger partial charge in [0, 0.05) is 6.04 Å². The Bertz CT molecular complexity index is 356. The van der Waals surface area contributed by atoms with Crippen molar-refractivity contribution in [1.82, 2.24) is 5.32 Å². The highest BCUT2D eigenvalue weighted by Gasteiger charge is 2.24. The number of fused-ring (bicyclic) bond motifs is 1. The summed E-state index contributed by atoms with van der Waals surface area (Å²) in [7, 11) is 0. The van der Waals surface area contributed by atoms with E-state index in [1.165, 1.54) is 24.0 Å². The van der Waals surface area contributed by atoms with E-state index in [0.29, 0.717) is 12.0 Å². The fourth-order valence-corrected chi connectivity index (χ4v) is 2.67. The molecule has 0 spiro atoms. The molecule has 86 valence electrons. The molecule has 0 radical (unpaired) electrons. The molecular weight excluding hydrogens is 194 g/mol. The molecule has 0 saturated carbocycles. The summed E-state index contributed by atoms with van der Waals surface area (Å²) in [5.74, 6) is 0.562. The van der Waals surface area contributed by atoms with Crippen LogP contribution < -0.4 is 5.32 Å². The number of hydrogen-bond acceptors (Lipinski definition) is 1. The van der Waals surface area contributed by atoms with Crippen molar-refractivity contribution in [2.75, 3.05) is 6.54 Å². The molecule has 0 aliphatic carbocycles. The quantitative estimate of drug-likeness (QED) is 0.758. The molecule has 1 aromatic carbocycles. The first kappa shape index (κ1) is 11.4. The maximum absolute atomic E-state index is 3.99. The van der Waals surface area contributed by atoms with Crippen LogP contribution >= 0.6 is 0 Å². The van der Waals surface area contributed by atoms with Crippen LogP contribution in [0.5, 0.6) is 0 Å². The van der Waals surface area contributed by atoms with Crippen molar-refractivity contribution < 1.29 is 0 Å². The van der Waals surface area contributed by atoms with Gasteiger partial charge < -0.3 is 5.32 Å². The zero-order valence-corrected chi connectivity index (χ0v) is 10.1. The van der Waals surface area contributed by atoms with Crippen molar-refractivity contribution in [2.24, 2.45) is 5.92 Å². The molecule has 2 rings (SSSR count). The summed E-state index contributed by atoms with van der Waals surface area (Å²) < 4.78 is 0. The van der Waals surface area contributed by atoms with E-state index in [9.17, 15) is 0 Å². The van der Waals surface area contributed by atoms with Crippen LogP contribution in [-0.2, 0) is 6.42 Å². The van der Waals surface area contributed by atoms with Crippen LogP contribution in [-0.4, -0.2) is 6.54 Å². The molecule has 0 saturated heterocycles. The van der Waals surface area contributed by atoms with E-state index < -0.39 is 0 Å². The second-order valence-electron chi connectivity index (χ2n) is 4.57. The third-order valence-corrected chi connectivity index (χ3v) is 3.50. The molecule has 0 aromatic heterocycles. The van der Waals surface area contributed by atoms with Gasteiger partial charge in [-0.1, -0.05) is 43.7 Å². The summed E-state index contributed by atoms with van der Waals surface area (Å²) in [6.07, 6.45) is 5.71. The molecule has 1 N–H and O–H groups in total. The first-order valence-corrected chi connectivity index (χ1v) is 6.30. The fraction of sp³-hybridized carbons (Fsp3) is 0.467. The van der Waals surface area contributed by atoms with E-state index in [2.05, 4.69) is 49.2 Å². The van der Waals surface area contributed by atoms with Crippen LogP contribution in [0.15, 0.2) is 36.9 Å². The van der Waals surface area contributed by atoms with Gasteiger partial charge in [0.25, 0.3) is 0 Å². The average molecular weight is 215 g/mol. The first-order chi connectivity index (χ1) is 7.86. The number of rotatable bonds is 4. The predicted molar refractivity (Wildman–Crippen MR) is 69.5 cm³/mol. The third kappa shape index (κ3) is 2.19. The lowest BCUT2D eigenvalue weighted by Gasteiger charge is -2.31. The van der Waals surface area contributed by atoms with Gasteiger partial charge in [0.15, 0.2) is 0 Å². The average Bonchev–Trinajstić information content (AvgIpc) is 2.35. The Labute approximate surface area is 98.6 Å². The highest BCUT2D eigenvalue weighted by atomic mass is 14.9. The summed E-state index contributed by atoms with van der Waals surface area (Å²) in [6.45, 7) is 7.32. The van der Waals surface area contributed by atoms with Crippen LogP contribution in [0.25, 0.3) is 0 Å². The van der Waals surface area contributed by atoms with Crippen LogP contribution in [0.3, 0.4) is 0 Å². The summed E-state index contributed by atoms with van der Waals surface area (Å²) in [6, 6.07) is 9.28. The van der Waals surface area contributed by atoms with Gasteiger partial charge >= 0.3 is 0 Å². The Morgan fingerprint density at radius 3 is 3.06 bits per heavy atom. The molecule has 16 heavy (non-hydrogen) atoms. The van der Waals surface area contributed by atoms with Crippen molar-refractivity contribution in [1.29, 1.82) is 0 Å². The predicted octanol–water partition coefficient (Wildman–Crippen LogP) is 3.48. The van der Waals surface area contributed by atoms with Crippen molar-refractivity contribution in [3.8, 4) is 0 Å². The molecule has 1 heterocycles. The van der Waals surface area contributed by atoms with Gasteiger partial charge in [0.05, 0.1) is 0 Å². The molecule has 0 unspecified atom stereocenters. The lowest BCUT2D eigenvalue weighted by molar-refractivity contribution is 0.382. The normalized spacial score (nSPS) is 21.2. The summed E-state index contributed by atoms with van der Waals surface area (Å²) >= 11 is 0. The van der Waals surface area contributed by atoms with E-state index >= 15 is 0 Å². The van der Waals surface area contributed by atoms with Crippen molar-refractivity contribution in [3.63, 3.8) is 0 Å². The molecule has 0 bridgehead atoms. The molecule has 1 heteroatoms. The number of hydrogen-bond donors (Lipinski definition) is 1. The van der Waals surface area contributed by atoms with Gasteiger partial charge in [0.2, 0.25) is 0 Å². The minimum Gasteiger partial charge on any atom is -0.309 e. The van der Waals surface area contributed by atoms with E-state index in [0.717, 1.165) is 13.0 Å². The Kier molecular flexibility index (Phi) is 3.79. The molecule has 0 amide bonds. The second kappa shape index (κ2) is 5.31. The van der Waals surface area contributed by atoms with Crippen LogP contribution in [0.1, 0.15) is 36.9 Å². The SMILES string of the molecule is C=C[C@@H](CCC)[C@H]1NCCc2ccccc21. The molecule has 1 aliphatic rings. The van der Waals surface area contributed by atoms with Gasteiger partial charge in [-0.05, 0) is 36.4 Å². The zero-order valence-electron chi connectivity index (χ0n) is 10.1. The van der Waals surface area contributed by atoms with Gasteiger partial charge in [-0.2, -0.15) is 0 Å². The molecular formula is C15H21N. The van der Waals surface area contributed by atoms with E-state index in [-0.39, 0.29) is 0 Å². The fourth-order valence-electron chi connectivity index (χ4n) is 2.67. The summed E-state index contributed by atoms with van der Waals surface area (Å²) in [5.41, 5.74) is 2.99. The molecule has 1 aromatic rings. The van der Waals surface area contributed by atoms with Crippen LogP contribution in [0, 0.1) is 5.92 Å². The van der Waals surface area contributed by atoms with Gasteiger partial charge in [-0.25, -0.2) is 0 Å². The monoisotopic (exact) mass is 215 g/mol. The van der Waals surface area contributed by atoms with E-state index in [1.807, 2.05) is 0 Å². The Morgan fingerprint density at radius 2 is 2.31 bits per heavy atom. The maximum atomic E-state index is 3.99. The lowest BCUT2D eigenvalue weighted by atomic mass is 9.84. The first-order valence-electron chi connectivity index (χ1n) is 6.30. The minimum absolute atomic E-state index is 0.474. The molecule has 1 nitrogen and oxygen atoms in total. The summed E-state index contributed by atoms with van der Waals surface area (Å²) in [5, 5.41) is 3.64. The maximum Gasteiger partial charge on any atom is 0.0386 e. The Hall–Kier alpha value is -1.08. The smallest absolute Gasteiger partial charge is 0.0386 e. The second-order valence-corrected chi connectivity index (χ2v) is 4.57. The van der Waals surface area contributed by atoms with Crippen molar-refractivity contribution >= 4 is 0 Å². The Morgan fingerprint density at radius 1 is 1.50 bits per heavy atom. The van der Waals surface area contributed by atoms with Crippen LogP contribution in [0.4, 0.5) is 0 Å². The van der Waals surface area contributed by atoms with Gasteiger partial charge in [-0.3, -0.25) is 0 Å². The number of nitrogens with one attached hydrogen (secondary N) is 1. The highest BCUT2D eigenvalue weighted by Crippen LogP contribution is 2.31. The van der Waals surface area contributed by atoms with E-state index in [4.69, 9.17) is 0 Å². The van der Waals surface area contributed by atoms with Crippen molar-refractivity contribution in [3.05, 3.63) is 48.0 Å². The van der Waals surface area contributed by atoms with Gasteiger partial charge in [0.1, 0.15) is 0 Å². The Balaban J connectivity index is 2.26. The van der Waals surface area contributed by atoms with E-state index in [1.54, 1.807) is 0 Å². The standard InChI is InChI=1S/C15H21N/c1-3-7-12(4-2)15-14-9-6-5-8-13(14)10-11-16-15/h4-6,8-9,12,15-16H,2-3,7,10-11H2,1H3/t12-,15+/m0/s1.